The van der Waals surface area contributed by atoms with Crippen LogP contribution in [0.2, 0.25) is 10.0 Å². The molecule has 0 aromatic heterocycles. The summed E-state index contributed by atoms with van der Waals surface area (Å²) in [6.07, 6.45) is 2.07. The minimum absolute atomic E-state index is 0.260. The number of rotatable bonds is 8. The lowest BCUT2D eigenvalue weighted by molar-refractivity contribution is 0.469. The third kappa shape index (κ3) is 7.07. The zero-order chi connectivity index (χ0) is 24.9. The maximum atomic E-state index is 14.3. The van der Waals surface area contributed by atoms with E-state index in [1.54, 1.807) is 24.3 Å². The van der Waals surface area contributed by atoms with Gasteiger partial charge in [0.1, 0.15) is 23.1 Å². The highest BCUT2D eigenvalue weighted by Crippen LogP contribution is 2.33. The lowest BCUT2D eigenvalue weighted by Gasteiger charge is -2.16. The minimum atomic E-state index is -0.260. The van der Waals surface area contributed by atoms with E-state index >= 15 is 0 Å². The van der Waals surface area contributed by atoms with Crippen molar-refractivity contribution in [2.45, 2.75) is 25.7 Å². The van der Waals surface area contributed by atoms with Crippen LogP contribution in [0.1, 0.15) is 22.3 Å². The van der Waals surface area contributed by atoms with Gasteiger partial charge in [-0.1, -0.05) is 67.2 Å². The van der Waals surface area contributed by atoms with Gasteiger partial charge in [0.15, 0.2) is 0 Å². The summed E-state index contributed by atoms with van der Waals surface area (Å²) in [6.45, 7) is 0. The van der Waals surface area contributed by atoms with Gasteiger partial charge < -0.3 is 4.74 Å². The molecule has 0 bridgehead atoms. The van der Waals surface area contributed by atoms with Crippen molar-refractivity contribution in [1.29, 1.82) is 0 Å². The molecule has 0 aliphatic carbocycles. The number of aryl methyl sites for hydroxylation is 4. The summed E-state index contributed by atoms with van der Waals surface area (Å²) in [7, 11) is 0. The molecular formula is C28H20Br2Cl2F2O. The van der Waals surface area contributed by atoms with Crippen LogP contribution in [0.4, 0.5) is 8.78 Å². The van der Waals surface area contributed by atoms with Crippen molar-refractivity contribution in [2.75, 3.05) is 0 Å². The van der Waals surface area contributed by atoms with Gasteiger partial charge in [-0.3, -0.25) is 0 Å². The number of hydrogen-bond donors (Lipinski definition) is 0. The fraction of sp³-hybridized carbons (Fsp3) is 0.143. The standard InChI is InChI=1S/C28H20Br2Cl2F2O/c29-21-7-5-17(25(33)15-21)1-3-19-13-23(31)9-11-27(19)35-28-12-10-24(32)14-20(28)4-2-18-6-8-22(30)16-26(18)34/h5-16H,1-4H2. The Labute approximate surface area is 230 Å². The smallest absolute Gasteiger partial charge is 0.130 e. The van der Waals surface area contributed by atoms with E-state index in [2.05, 4.69) is 31.9 Å². The van der Waals surface area contributed by atoms with Gasteiger partial charge in [0.25, 0.3) is 0 Å². The first-order valence-electron chi connectivity index (χ1n) is 10.9. The molecule has 0 radical (unpaired) electrons. The third-order valence-corrected chi connectivity index (χ3v) is 7.08. The molecule has 35 heavy (non-hydrogen) atoms. The Morgan fingerprint density at radius 1 is 0.543 bits per heavy atom. The van der Waals surface area contributed by atoms with Crippen molar-refractivity contribution < 1.29 is 13.5 Å². The summed E-state index contributed by atoms with van der Waals surface area (Å²) >= 11 is 19.1. The molecule has 0 fully saturated rings. The largest absolute Gasteiger partial charge is 0.457 e. The number of ether oxygens (including phenoxy) is 1. The lowest BCUT2D eigenvalue weighted by Crippen LogP contribution is -2.00. The van der Waals surface area contributed by atoms with Crippen LogP contribution < -0.4 is 4.74 Å². The second-order valence-corrected chi connectivity index (χ2v) is 10.8. The first kappa shape index (κ1) is 26.2. The van der Waals surface area contributed by atoms with Crippen LogP contribution in [-0.2, 0) is 25.7 Å². The predicted octanol–water partition coefficient (Wildman–Crippen LogP) is 10.2. The number of benzene rings is 4. The normalized spacial score (nSPS) is 11.0. The monoisotopic (exact) mass is 638 g/mol. The van der Waals surface area contributed by atoms with Crippen LogP contribution in [0.3, 0.4) is 0 Å². The molecule has 0 atom stereocenters. The molecular weight excluding hydrogens is 621 g/mol. The van der Waals surface area contributed by atoms with Crippen LogP contribution in [0.15, 0.2) is 81.7 Å². The Kier molecular flexibility index (Phi) is 8.87. The highest BCUT2D eigenvalue weighted by atomic mass is 79.9. The molecule has 4 aromatic rings. The molecule has 0 spiro atoms. The van der Waals surface area contributed by atoms with Crippen LogP contribution in [0.25, 0.3) is 0 Å². The molecule has 0 unspecified atom stereocenters. The van der Waals surface area contributed by atoms with Gasteiger partial charge in [0.05, 0.1) is 0 Å². The maximum absolute atomic E-state index is 14.3. The van der Waals surface area contributed by atoms with E-state index in [0.29, 0.717) is 67.3 Å². The Hall–Kier alpha value is -1.92. The summed E-state index contributed by atoms with van der Waals surface area (Å²) < 4.78 is 36.3. The van der Waals surface area contributed by atoms with Gasteiger partial charge in [-0.2, -0.15) is 0 Å². The van der Waals surface area contributed by atoms with E-state index in [9.17, 15) is 8.78 Å². The molecule has 0 amide bonds. The molecule has 0 saturated heterocycles. The van der Waals surface area contributed by atoms with E-state index in [0.717, 1.165) is 11.1 Å². The van der Waals surface area contributed by atoms with E-state index in [4.69, 9.17) is 27.9 Å². The SMILES string of the molecule is Fc1cc(Br)ccc1CCc1cc(Cl)ccc1Oc1ccc(Cl)cc1CCc1ccc(Br)cc1F. The van der Waals surface area contributed by atoms with Crippen LogP contribution in [0.5, 0.6) is 11.5 Å². The van der Waals surface area contributed by atoms with Crippen molar-refractivity contribution in [3.63, 3.8) is 0 Å². The Morgan fingerprint density at radius 2 is 0.943 bits per heavy atom. The van der Waals surface area contributed by atoms with Gasteiger partial charge in [-0.25, -0.2) is 8.78 Å². The Morgan fingerprint density at radius 3 is 1.34 bits per heavy atom. The number of halogens is 6. The average molecular weight is 641 g/mol. The van der Waals surface area contributed by atoms with Gasteiger partial charge >= 0.3 is 0 Å². The molecule has 0 N–H and O–H groups in total. The van der Waals surface area contributed by atoms with Crippen molar-refractivity contribution in [3.8, 4) is 11.5 Å². The molecule has 4 aromatic carbocycles. The first-order valence-corrected chi connectivity index (χ1v) is 13.3. The molecule has 1 nitrogen and oxygen atoms in total. The quantitative estimate of drug-likeness (QED) is 0.186. The lowest BCUT2D eigenvalue weighted by atomic mass is 10.0. The van der Waals surface area contributed by atoms with Crippen molar-refractivity contribution >= 4 is 55.1 Å². The van der Waals surface area contributed by atoms with Crippen molar-refractivity contribution in [2.24, 2.45) is 0 Å². The highest BCUT2D eigenvalue weighted by molar-refractivity contribution is 9.10. The zero-order valence-corrected chi connectivity index (χ0v) is 23.1. The van der Waals surface area contributed by atoms with Gasteiger partial charge in [-0.05, 0) is 109 Å². The van der Waals surface area contributed by atoms with Gasteiger partial charge in [0, 0.05) is 19.0 Å². The molecule has 7 heteroatoms. The third-order valence-electron chi connectivity index (χ3n) is 5.62. The first-order chi connectivity index (χ1) is 16.8. The molecule has 0 aliphatic rings. The van der Waals surface area contributed by atoms with Crippen LogP contribution >= 0.6 is 55.1 Å². The molecule has 0 saturated carbocycles. The van der Waals surface area contributed by atoms with Crippen LogP contribution in [0, 0.1) is 11.6 Å². The predicted molar refractivity (Wildman–Crippen MR) is 146 cm³/mol. The summed E-state index contributed by atoms with van der Waals surface area (Å²) in [5.74, 6) is 0.740. The van der Waals surface area contributed by atoms with E-state index in [1.165, 1.54) is 12.1 Å². The Bertz CT molecular complexity index is 1260. The van der Waals surface area contributed by atoms with E-state index in [1.807, 2.05) is 36.4 Å². The summed E-state index contributed by atoms with van der Waals surface area (Å²) in [4.78, 5) is 0. The highest BCUT2D eigenvalue weighted by Gasteiger charge is 2.13. The maximum Gasteiger partial charge on any atom is 0.130 e. The summed E-state index contributed by atoms with van der Waals surface area (Å²) in [5.41, 5.74) is 2.95. The summed E-state index contributed by atoms with van der Waals surface area (Å²) in [6, 6.07) is 20.9. The molecule has 0 aliphatic heterocycles. The van der Waals surface area contributed by atoms with Gasteiger partial charge in [-0.15, -0.1) is 0 Å². The van der Waals surface area contributed by atoms with E-state index < -0.39 is 0 Å². The molecule has 4 rings (SSSR count). The van der Waals surface area contributed by atoms with E-state index in [-0.39, 0.29) is 11.6 Å². The second-order valence-electron chi connectivity index (χ2n) is 8.08. The molecule has 0 heterocycles. The number of hydrogen-bond acceptors (Lipinski definition) is 1. The minimum Gasteiger partial charge on any atom is -0.457 e. The molecule has 180 valence electrons. The zero-order valence-electron chi connectivity index (χ0n) is 18.4. The fourth-order valence-corrected chi connectivity index (χ4v) is 4.85. The summed E-state index contributed by atoms with van der Waals surface area (Å²) in [5, 5.41) is 1.15. The topological polar surface area (TPSA) is 9.23 Å². The second kappa shape index (κ2) is 11.9. The average Bonchev–Trinajstić information content (AvgIpc) is 2.81. The Balaban J connectivity index is 1.55. The fourth-order valence-electron chi connectivity index (χ4n) is 3.79. The van der Waals surface area contributed by atoms with Gasteiger partial charge in [0.2, 0.25) is 0 Å². The van der Waals surface area contributed by atoms with Crippen molar-refractivity contribution in [1.82, 2.24) is 0 Å². The van der Waals surface area contributed by atoms with Crippen LogP contribution in [-0.4, -0.2) is 0 Å². The van der Waals surface area contributed by atoms with Crippen molar-refractivity contribution in [3.05, 3.63) is 126 Å².